The molecule has 2 aromatic rings. The van der Waals surface area contributed by atoms with Crippen LogP contribution in [0.3, 0.4) is 0 Å². The van der Waals surface area contributed by atoms with Crippen LogP contribution in [-0.2, 0) is 9.31 Å². The highest BCUT2D eigenvalue weighted by molar-refractivity contribution is 6.62. The third-order valence-electron chi connectivity index (χ3n) is 4.55. The minimum Gasteiger partial charge on any atom is -0.399 e. The Morgan fingerprint density at radius 3 is 2.05 bits per heavy atom. The third-order valence-corrected chi connectivity index (χ3v) is 4.55. The largest absolute Gasteiger partial charge is 0.494 e. The lowest BCUT2D eigenvalue weighted by Gasteiger charge is -2.32. The predicted molar refractivity (Wildman–Crippen MR) is 87.8 cm³/mol. The Morgan fingerprint density at radius 2 is 1.40 bits per heavy atom. The Hall–Kier alpha value is -1.25. The minimum absolute atomic E-state index is 0.286. The molecule has 0 unspecified atom stereocenters. The Morgan fingerprint density at radius 1 is 0.850 bits per heavy atom. The van der Waals surface area contributed by atoms with E-state index in [2.05, 4.69) is 71.9 Å². The first-order chi connectivity index (χ1) is 9.28. The van der Waals surface area contributed by atoms with Crippen LogP contribution in [0.5, 0.6) is 0 Å². The highest BCUT2D eigenvalue weighted by Gasteiger charge is 2.51. The van der Waals surface area contributed by atoms with Crippen molar-refractivity contribution in [1.82, 2.24) is 0 Å². The SMILES string of the molecule is Bc1ccc2cc(B3OC(C)(C)C(C)(C)O3)ccc2c1. The molecule has 0 atom stereocenters. The third kappa shape index (κ3) is 2.17. The van der Waals surface area contributed by atoms with Crippen molar-refractivity contribution in [1.29, 1.82) is 0 Å². The van der Waals surface area contributed by atoms with Gasteiger partial charge in [-0.3, -0.25) is 0 Å². The molecule has 1 fully saturated rings. The summed E-state index contributed by atoms with van der Waals surface area (Å²) in [5, 5.41) is 2.48. The molecule has 3 rings (SSSR count). The van der Waals surface area contributed by atoms with Crippen molar-refractivity contribution in [2.75, 3.05) is 0 Å². The summed E-state index contributed by atoms with van der Waals surface area (Å²) in [6, 6.07) is 12.9. The molecule has 0 amide bonds. The van der Waals surface area contributed by atoms with Gasteiger partial charge in [-0.2, -0.15) is 0 Å². The molecule has 4 heteroatoms. The average molecular weight is 266 g/mol. The summed E-state index contributed by atoms with van der Waals surface area (Å²) in [5.74, 6) is 0. The van der Waals surface area contributed by atoms with Gasteiger partial charge < -0.3 is 9.31 Å². The number of hydrogen-bond donors (Lipinski definition) is 0. The zero-order chi connectivity index (χ0) is 14.5. The fourth-order valence-corrected chi connectivity index (χ4v) is 2.51. The first-order valence-electron chi connectivity index (χ1n) is 7.14. The molecular weight excluding hydrogens is 246 g/mol. The first-order valence-corrected chi connectivity index (χ1v) is 7.14. The Balaban J connectivity index is 1.98. The number of rotatable bonds is 1. The van der Waals surface area contributed by atoms with Crippen LogP contribution in [-0.4, -0.2) is 26.2 Å². The second-order valence-corrected chi connectivity index (χ2v) is 6.70. The van der Waals surface area contributed by atoms with Gasteiger partial charge in [-0.1, -0.05) is 41.9 Å². The van der Waals surface area contributed by atoms with Crippen LogP contribution in [0, 0.1) is 0 Å². The lowest BCUT2D eigenvalue weighted by molar-refractivity contribution is 0.00578. The van der Waals surface area contributed by atoms with E-state index in [1.807, 2.05) is 0 Å². The molecule has 0 N–H and O–H groups in total. The van der Waals surface area contributed by atoms with E-state index >= 15 is 0 Å². The van der Waals surface area contributed by atoms with Gasteiger partial charge in [0, 0.05) is 0 Å². The van der Waals surface area contributed by atoms with E-state index in [0.717, 1.165) is 5.46 Å². The van der Waals surface area contributed by atoms with Gasteiger partial charge in [0.15, 0.2) is 0 Å². The van der Waals surface area contributed by atoms with Crippen molar-refractivity contribution < 1.29 is 9.31 Å². The van der Waals surface area contributed by atoms with Crippen molar-refractivity contribution in [3.8, 4) is 0 Å². The molecule has 0 aliphatic carbocycles. The summed E-state index contributed by atoms with van der Waals surface area (Å²) in [6.45, 7) is 8.32. The maximum absolute atomic E-state index is 6.10. The molecule has 1 saturated heterocycles. The molecule has 1 heterocycles. The van der Waals surface area contributed by atoms with E-state index in [4.69, 9.17) is 9.31 Å². The van der Waals surface area contributed by atoms with Gasteiger partial charge in [0.1, 0.15) is 7.85 Å². The van der Waals surface area contributed by atoms with Crippen LogP contribution in [0.2, 0.25) is 0 Å². The molecule has 0 saturated carbocycles. The van der Waals surface area contributed by atoms with Gasteiger partial charge in [-0.05, 0) is 43.9 Å². The second-order valence-electron chi connectivity index (χ2n) is 6.70. The van der Waals surface area contributed by atoms with Gasteiger partial charge >= 0.3 is 7.12 Å². The summed E-state index contributed by atoms with van der Waals surface area (Å²) in [6.07, 6.45) is 0. The van der Waals surface area contributed by atoms with Crippen LogP contribution in [0.4, 0.5) is 0 Å². The minimum atomic E-state index is -0.292. The van der Waals surface area contributed by atoms with Crippen LogP contribution < -0.4 is 10.9 Å². The standard InChI is InChI=1S/C16H20B2O2/c1-15(2)16(3,4)20-18(19-15)14-8-6-11-9-13(17)7-5-12(11)10-14/h5-10H,17H2,1-4H3. The lowest BCUT2D eigenvalue weighted by atomic mass is 9.78. The summed E-state index contributed by atoms with van der Waals surface area (Å²) in [5.41, 5.74) is 1.78. The van der Waals surface area contributed by atoms with Crippen LogP contribution in [0.1, 0.15) is 27.7 Å². The van der Waals surface area contributed by atoms with E-state index in [-0.39, 0.29) is 18.3 Å². The van der Waals surface area contributed by atoms with E-state index < -0.39 is 0 Å². The van der Waals surface area contributed by atoms with E-state index in [1.54, 1.807) is 0 Å². The molecule has 0 spiro atoms. The molecule has 1 aliphatic rings. The molecule has 0 bridgehead atoms. The number of benzene rings is 2. The topological polar surface area (TPSA) is 18.5 Å². The van der Waals surface area contributed by atoms with Crippen molar-refractivity contribution >= 4 is 36.7 Å². The van der Waals surface area contributed by atoms with Gasteiger partial charge in [0.25, 0.3) is 0 Å². The fraction of sp³-hybridized carbons (Fsp3) is 0.375. The van der Waals surface area contributed by atoms with E-state index in [0.29, 0.717) is 0 Å². The maximum atomic E-state index is 6.10. The van der Waals surface area contributed by atoms with Gasteiger partial charge in [-0.25, -0.2) is 0 Å². The molecular formula is C16H20B2O2. The predicted octanol–water partition coefficient (Wildman–Crippen LogP) is 1.40. The maximum Gasteiger partial charge on any atom is 0.494 e. The molecule has 102 valence electrons. The molecule has 2 nitrogen and oxygen atoms in total. The summed E-state index contributed by atoms with van der Waals surface area (Å²) < 4.78 is 12.2. The molecule has 2 aromatic carbocycles. The summed E-state index contributed by atoms with van der Waals surface area (Å²) in [7, 11) is 1.83. The normalized spacial score (nSPS) is 20.5. The second kappa shape index (κ2) is 4.37. The van der Waals surface area contributed by atoms with Crippen molar-refractivity contribution in [2.24, 2.45) is 0 Å². The molecule has 0 radical (unpaired) electrons. The number of fused-ring (bicyclic) bond motifs is 1. The smallest absolute Gasteiger partial charge is 0.399 e. The Kier molecular flexibility index (Phi) is 3.00. The van der Waals surface area contributed by atoms with Crippen molar-refractivity contribution in [3.05, 3.63) is 36.4 Å². The highest BCUT2D eigenvalue weighted by atomic mass is 16.7. The van der Waals surface area contributed by atoms with Crippen molar-refractivity contribution in [2.45, 2.75) is 38.9 Å². The summed E-state index contributed by atoms with van der Waals surface area (Å²) >= 11 is 0. The zero-order valence-corrected chi connectivity index (χ0v) is 12.9. The summed E-state index contributed by atoms with van der Waals surface area (Å²) in [4.78, 5) is 0. The average Bonchev–Trinajstić information content (AvgIpc) is 2.58. The Bertz CT molecular complexity index is 649. The van der Waals surface area contributed by atoms with Gasteiger partial charge in [0.2, 0.25) is 0 Å². The van der Waals surface area contributed by atoms with Crippen LogP contribution in [0.25, 0.3) is 10.8 Å². The highest BCUT2D eigenvalue weighted by Crippen LogP contribution is 2.36. The quantitative estimate of drug-likeness (QED) is 0.726. The van der Waals surface area contributed by atoms with Gasteiger partial charge in [-0.15, -0.1) is 0 Å². The van der Waals surface area contributed by atoms with Crippen molar-refractivity contribution in [3.63, 3.8) is 0 Å². The number of hydrogen-bond acceptors (Lipinski definition) is 2. The monoisotopic (exact) mass is 266 g/mol. The van der Waals surface area contributed by atoms with E-state index in [9.17, 15) is 0 Å². The molecule has 0 aromatic heterocycles. The Labute approximate surface area is 122 Å². The van der Waals surface area contributed by atoms with E-state index in [1.165, 1.54) is 16.2 Å². The zero-order valence-electron chi connectivity index (χ0n) is 12.9. The first kappa shape index (κ1) is 13.7. The van der Waals surface area contributed by atoms with Gasteiger partial charge in [0.05, 0.1) is 11.2 Å². The lowest BCUT2D eigenvalue weighted by Crippen LogP contribution is -2.41. The van der Waals surface area contributed by atoms with Crippen LogP contribution >= 0.6 is 0 Å². The fourth-order valence-electron chi connectivity index (χ4n) is 2.51. The van der Waals surface area contributed by atoms with Crippen LogP contribution in [0.15, 0.2) is 36.4 Å². The molecule has 20 heavy (non-hydrogen) atoms. The molecule has 1 aliphatic heterocycles.